The number of carbonyl (C=O) groups excluding carboxylic acids is 2. The fraction of sp³-hybridized carbons (Fsp3) is 0.800. The van der Waals surface area contributed by atoms with E-state index in [2.05, 4.69) is 5.32 Å². The van der Waals surface area contributed by atoms with Crippen molar-refractivity contribution in [1.29, 1.82) is 0 Å². The first-order chi connectivity index (χ1) is 7.48. The van der Waals surface area contributed by atoms with Crippen molar-refractivity contribution in [3.8, 4) is 0 Å². The van der Waals surface area contributed by atoms with Gasteiger partial charge in [-0.1, -0.05) is 11.8 Å². The van der Waals surface area contributed by atoms with Crippen molar-refractivity contribution in [2.75, 3.05) is 18.8 Å². The van der Waals surface area contributed by atoms with Crippen molar-refractivity contribution in [3.63, 3.8) is 0 Å². The van der Waals surface area contributed by atoms with Crippen LogP contribution in [-0.2, 0) is 4.79 Å². The van der Waals surface area contributed by atoms with Crippen molar-refractivity contribution in [2.24, 2.45) is 0 Å². The van der Waals surface area contributed by atoms with E-state index in [-0.39, 0.29) is 17.2 Å². The third-order valence-electron chi connectivity index (χ3n) is 3.12. The van der Waals surface area contributed by atoms with Crippen LogP contribution in [-0.4, -0.2) is 51.6 Å². The largest absolute Gasteiger partial charge is 0.390 e. The van der Waals surface area contributed by atoms with E-state index in [4.69, 9.17) is 0 Å². The standard InChI is InChI=1S/C10H16N2O3S/c1-10(15)2-4-12(5-3-10)8(13)7-6-16-9(14)11-7/h7,15H,2-6H2,1H3,(H,11,14). The molecule has 6 heteroatoms. The molecule has 0 aromatic heterocycles. The number of carbonyl (C=O) groups is 2. The molecular weight excluding hydrogens is 228 g/mol. The van der Waals surface area contributed by atoms with Crippen LogP contribution >= 0.6 is 11.8 Å². The van der Waals surface area contributed by atoms with Crippen molar-refractivity contribution < 1.29 is 14.7 Å². The van der Waals surface area contributed by atoms with Gasteiger partial charge in [-0.3, -0.25) is 9.59 Å². The lowest BCUT2D eigenvalue weighted by Crippen LogP contribution is -2.51. The molecule has 0 radical (unpaired) electrons. The Morgan fingerprint density at radius 2 is 2.19 bits per heavy atom. The van der Waals surface area contributed by atoms with Crippen molar-refractivity contribution in [1.82, 2.24) is 10.2 Å². The van der Waals surface area contributed by atoms with Crippen LogP contribution in [0.3, 0.4) is 0 Å². The Morgan fingerprint density at radius 1 is 1.56 bits per heavy atom. The number of amides is 2. The van der Waals surface area contributed by atoms with Gasteiger partial charge in [-0.15, -0.1) is 0 Å². The highest BCUT2D eigenvalue weighted by Crippen LogP contribution is 2.23. The van der Waals surface area contributed by atoms with E-state index in [0.717, 1.165) is 11.8 Å². The molecule has 2 rings (SSSR count). The summed E-state index contributed by atoms with van der Waals surface area (Å²) in [6.45, 7) is 2.94. The zero-order valence-corrected chi connectivity index (χ0v) is 10.0. The number of nitrogens with one attached hydrogen (secondary N) is 1. The average Bonchev–Trinajstić information content (AvgIpc) is 2.64. The molecular formula is C10H16N2O3S. The van der Waals surface area contributed by atoms with Crippen LogP contribution in [0.25, 0.3) is 0 Å². The lowest BCUT2D eigenvalue weighted by atomic mass is 9.93. The minimum Gasteiger partial charge on any atom is -0.390 e. The number of piperidine rings is 1. The normalized spacial score (nSPS) is 29.0. The van der Waals surface area contributed by atoms with Crippen LogP contribution in [0.15, 0.2) is 0 Å². The Hall–Kier alpha value is -0.750. The second-order valence-corrected chi connectivity index (χ2v) is 5.61. The van der Waals surface area contributed by atoms with Gasteiger partial charge in [0, 0.05) is 18.8 Å². The lowest BCUT2D eigenvalue weighted by molar-refractivity contribution is -0.136. The highest BCUT2D eigenvalue weighted by atomic mass is 32.2. The summed E-state index contributed by atoms with van der Waals surface area (Å²) in [5.41, 5.74) is -0.648. The summed E-state index contributed by atoms with van der Waals surface area (Å²) in [7, 11) is 0. The summed E-state index contributed by atoms with van der Waals surface area (Å²) >= 11 is 1.15. The van der Waals surface area contributed by atoms with E-state index in [0.29, 0.717) is 31.7 Å². The molecule has 2 aliphatic heterocycles. The number of hydrogen-bond donors (Lipinski definition) is 2. The van der Waals surface area contributed by atoms with E-state index in [9.17, 15) is 14.7 Å². The Kier molecular flexibility index (Phi) is 3.12. The summed E-state index contributed by atoms with van der Waals surface area (Å²) in [6.07, 6.45) is 1.21. The summed E-state index contributed by atoms with van der Waals surface area (Å²) < 4.78 is 0. The molecule has 0 saturated carbocycles. The molecule has 2 heterocycles. The van der Waals surface area contributed by atoms with E-state index in [1.807, 2.05) is 0 Å². The number of nitrogens with zero attached hydrogens (tertiary/aromatic N) is 1. The van der Waals surface area contributed by atoms with Gasteiger partial charge in [0.1, 0.15) is 6.04 Å². The number of aliphatic hydroxyl groups is 1. The minimum absolute atomic E-state index is 0.0196. The quantitative estimate of drug-likeness (QED) is 0.690. The predicted molar refractivity (Wildman–Crippen MR) is 61.2 cm³/mol. The molecule has 0 aromatic rings. The van der Waals surface area contributed by atoms with E-state index in [1.165, 1.54) is 0 Å². The van der Waals surface area contributed by atoms with Gasteiger partial charge in [-0.2, -0.15) is 0 Å². The molecule has 16 heavy (non-hydrogen) atoms. The number of rotatable bonds is 1. The third-order valence-corrected chi connectivity index (χ3v) is 4.00. The number of hydrogen-bond acceptors (Lipinski definition) is 4. The molecule has 0 spiro atoms. The molecule has 5 nitrogen and oxygen atoms in total. The summed E-state index contributed by atoms with van der Waals surface area (Å²) in [5, 5.41) is 12.3. The van der Waals surface area contributed by atoms with Gasteiger partial charge >= 0.3 is 0 Å². The van der Waals surface area contributed by atoms with Crippen molar-refractivity contribution in [2.45, 2.75) is 31.4 Å². The first-order valence-electron chi connectivity index (χ1n) is 5.42. The fourth-order valence-corrected chi connectivity index (χ4v) is 2.72. The maximum absolute atomic E-state index is 12.0. The summed E-state index contributed by atoms with van der Waals surface area (Å²) in [6, 6.07) is -0.374. The Labute approximate surface area is 98.6 Å². The molecule has 1 atom stereocenters. The zero-order valence-electron chi connectivity index (χ0n) is 9.23. The molecule has 0 bridgehead atoms. The van der Waals surface area contributed by atoms with Gasteiger partial charge in [-0.05, 0) is 19.8 Å². The van der Waals surface area contributed by atoms with Crippen LogP contribution in [0, 0.1) is 0 Å². The summed E-state index contributed by atoms with van der Waals surface area (Å²) in [4.78, 5) is 24.7. The van der Waals surface area contributed by atoms with Gasteiger partial charge in [-0.25, -0.2) is 0 Å². The smallest absolute Gasteiger partial charge is 0.279 e. The summed E-state index contributed by atoms with van der Waals surface area (Å²) in [5.74, 6) is 0.499. The number of thioether (sulfide) groups is 1. The first-order valence-corrected chi connectivity index (χ1v) is 6.41. The van der Waals surface area contributed by atoms with Gasteiger partial charge in [0.25, 0.3) is 5.24 Å². The molecule has 2 aliphatic rings. The molecule has 0 aliphatic carbocycles. The molecule has 2 fully saturated rings. The fourth-order valence-electron chi connectivity index (χ4n) is 1.95. The highest BCUT2D eigenvalue weighted by molar-refractivity contribution is 8.14. The molecule has 2 N–H and O–H groups in total. The maximum Gasteiger partial charge on any atom is 0.279 e. The molecule has 90 valence electrons. The maximum atomic E-state index is 12.0. The molecule has 1 unspecified atom stereocenters. The van der Waals surface area contributed by atoms with Crippen LogP contribution in [0.1, 0.15) is 19.8 Å². The SMILES string of the molecule is CC1(O)CCN(C(=O)C2CSC(=O)N2)CC1. The first kappa shape index (κ1) is 11.7. The van der Waals surface area contributed by atoms with Crippen LogP contribution in [0.2, 0.25) is 0 Å². The van der Waals surface area contributed by atoms with E-state index in [1.54, 1.807) is 11.8 Å². The van der Waals surface area contributed by atoms with Crippen LogP contribution in [0.5, 0.6) is 0 Å². The molecule has 2 amide bonds. The molecule has 0 aromatic carbocycles. The van der Waals surface area contributed by atoms with E-state index < -0.39 is 5.60 Å². The average molecular weight is 244 g/mol. The lowest BCUT2D eigenvalue weighted by Gasteiger charge is -2.36. The minimum atomic E-state index is -0.648. The van der Waals surface area contributed by atoms with Gasteiger partial charge in [0.05, 0.1) is 5.60 Å². The Morgan fingerprint density at radius 3 is 2.69 bits per heavy atom. The second kappa shape index (κ2) is 4.25. The third kappa shape index (κ3) is 2.49. The monoisotopic (exact) mass is 244 g/mol. The highest BCUT2D eigenvalue weighted by Gasteiger charge is 2.35. The van der Waals surface area contributed by atoms with E-state index >= 15 is 0 Å². The van der Waals surface area contributed by atoms with Gasteiger partial charge in [0.2, 0.25) is 5.91 Å². The topological polar surface area (TPSA) is 69.6 Å². The van der Waals surface area contributed by atoms with Crippen molar-refractivity contribution >= 4 is 22.9 Å². The second-order valence-electron chi connectivity index (χ2n) is 4.62. The number of likely N-dealkylation sites (tertiary alicyclic amines) is 1. The zero-order chi connectivity index (χ0) is 11.8. The van der Waals surface area contributed by atoms with Gasteiger partial charge < -0.3 is 15.3 Å². The molecule has 2 saturated heterocycles. The Bertz CT molecular complexity index is 309. The van der Waals surface area contributed by atoms with Gasteiger partial charge in [0.15, 0.2) is 0 Å². The van der Waals surface area contributed by atoms with Crippen LogP contribution < -0.4 is 5.32 Å². The predicted octanol–water partition coefficient (Wildman–Crippen LogP) is 0.185. The Balaban J connectivity index is 1.89. The van der Waals surface area contributed by atoms with Crippen molar-refractivity contribution in [3.05, 3.63) is 0 Å². The van der Waals surface area contributed by atoms with Crippen LogP contribution in [0.4, 0.5) is 4.79 Å².